The fraction of sp³-hybridized carbons (Fsp3) is 0.438. The molecular weight excluding hydrogens is 252 g/mol. The van der Waals surface area contributed by atoms with Gasteiger partial charge in [0.15, 0.2) is 0 Å². The van der Waals surface area contributed by atoms with Crippen molar-refractivity contribution in [2.75, 3.05) is 20.8 Å². The first-order valence-corrected chi connectivity index (χ1v) is 6.80. The maximum Gasteiger partial charge on any atom is 0.217 e. The Morgan fingerprint density at radius 2 is 1.75 bits per heavy atom. The molecule has 20 heavy (non-hydrogen) atoms. The SMILES string of the molecule is CC(=O)NCC(NCc1ccccc1)=C1CC1.COC. The average Bonchev–Trinajstić information content (AvgIpc) is 3.25. The van der Waals surface area contributed by atoms with Crippen molar-refractivity contribution in [3.63, 3.8) is 0 Å². The van der Waals surface area contributed by atoms with Gasteiger partial charge < -0.3 is 15.4 Å². The van der Waals surface area contributed by atoms with Crippen LogP contribution in [0.1, 0.15) is 25.3 Å². The number of methoxy groups -OCH3 is 1. The van der Waals surface area contributed by atoms with Gasteiger partial charge >= 0.3 is 0 Å². The Morgan fingerprint density at radius 3 is 2.25 bits per heavy atom. The molecule has 1 aromatic carbocycles. The molecule has 0 aromatic heterocycles. The van der Waals surface area contributed by atoms with Crippen molar-refractivity contribution >= 4 is 5.91 Å². The molecule has 0 aliphatic heterocycles. The van der Waals surface area contributed by atoms with Crippen molar-refractivity contribution in [2.24, 2.45) is 0 Å². The Labute approximate surface area is 121 Å². The smallest absolute Gasteiger partial charge is 0.217 e. The molecule has 0 saturated heterocycles. The number of amides is 1. The fourth-order valence-corrected chi connectivity index (χ4v) is 1.69. The van der Waals surface area contributed by atoms with Gasteiger partial charge in [-0.05, 0) is 24.0 Å². The molecule has 1 aliphatic rings. The maximum absolute atomic E-state index is 10.9. The van der Waals surface area contributed by atoms with E-state index in [1.54, 1.807) is 21.1 Å². The van der Waals surface area contributed by atoms with E-state index in [0.717, 1.165) is 19.4 Å². The van der Waals surface area contributed by atoms with E-state index in [2.05, 4.69) is 27.5 Å². The minimum Gasteiger partial charge on any atom is -0.388 e. The highest BCUT2D eigenvalue weighted by molar-refractivity contribution is 5.73. The van der Waals surface area contributed by atoms with E-state index in [4.69, 9.17) is 0 Å². The van der Waals surface area contributed by atoms with Crippen LogP contribution in [0.2, 0.25) is 0 Å². The first-order chi connectivity index (χ1) is 9.67. The molecule has 0 radical (unpaired) electrons. The van der Waals surface area contributed by atoms with Gasteiger partial charge in [-0.2, -0.15) is 0 Å². The Balaban J connectivity index is 0.000000612. The Hall–Kier alpha value is -1.81. The molecule has 4 heteroatoms. The number of ether oxygens (including phenoxy) is 1. The van der Waals surface area contributed by atoms with Gasteiger partial charge in [-0.15, -0.1) is 0 Å². The van der Waals surface area contributed by atoms with Gasteiger partial charge in [0.25, 0.3) is 0 Å². The van der Waals surface area contributed by atoms with E-state index in [1.165, 1.54) is 16.8 Å². The number of rotatable bonds is 5. The molecule has 0 heterocycles. The molecule has 1 fully saturated rings. The first-order valence-electron chi connectivity index (χ1n) is 6.80. The monoisotopic (exact) mass is 276 g/mol. The zero-order valence-electron chi connectivity index (χ0n) is 12.5. The summed E-state index contributed by atoms with van der Waals surface area (Å²) in [5.41, 5.74) is 3.88. The summed E-state index contributed by atoms with van der Waals surface area (Å²) in [6, 6.07) is 10.3. The van der Waals surface area contributed by atoms with E-state index >= 15 is 0 Å². The lowest BCUT2D eigenvalue weighted by Crippen LogP contribution is -2.28. The fourth-order valence-electron chi connectivity index (χ4n) is 1.69. The highest BCUT2D eigenvalue weighted by Gasteiger charge is 2.17. The summed E-state index contributed by atoms with van der Waals surface area (Å²) in [6.45, 7) is 2.99. The van der Waals surface area contributed by atoms with Crippen LogP contribution in [0, 0.1) is 0 Å². The molecule has 110 valence electrons. The number of benzene rings is 1. The van der Waals surface area contributed by atoms with Gasteiger partial charge in [-0.1, -0.05) is 30.3 Å². The van der Waals surface area contributed by atoms with E-state index in [0.29, 0.717) is 6.54 Å². The average molecular weight is 276 g/mol. The predicted octanol–water partition coefficient (Wildman–Crippen LogP) is 2.22. The molecule has 2 N–H and O–H groups in total. The first kappa shape index (κ1) is 16.2. The van der Waals surface area contributed by atoms with Crippen molar-refractivity contribution < 1.29 is 9.53 Å². The van der Waals surface area contributed by atoms with E-state index in [9.17, 15) is 4.79 Å². The van der Waals surface area contributed by atoms with Crippen molar-refractivity contribution in [2.45, 2.75) is 26.3 Å². The quantitative estimate of drug-likeness (QED) is 0.867. The van der Waals surface area contributed by atoms with Gasteiger partial charge in [0, 0.05) is 33.4 Å². The van der Waals surface area contributed by atoms with Crippen molar-refractivity contribution in [1.82, 2.24) is 10.6 Å². The van der Waals surface area contributed by atoms with Crippen LogP contribution in [0.4, 0.5) is 0 Å². The largest absolute Gasteiger partial charge is 0.388 e. The number of allylic oxidation sites excluding steroid dienone is 1. The van der Waals surface area contributed by atoms with Gasteiger partial charge in [0.2, 0.25) is 5.91 Å². The summed E-state index contributed by atoms with van der Waals surface area (Å²) in [6.07, 6.45) is 2.33. The molecule has 2 rings (SSSR count). The molecular formula is C16H24N2O2. The lowest BCUT2D eigenvalue weighted by molar-refractivity contribution is -0.118. The number of hydrogen-bond donors (Lipinski definition) is 2. The summed E-state index contributed by atoms with van der Waals surface area (Å²) in [5, 5.41) is 6.26. The van der Waals surface area contributed by atoms with Crippen LogP contribution in [-0.4, -0.2) is 26.7 Å². The van der Waals surface area contributed by atoms with E-state index < -0.39 is 0 Å². The van der Waals surface area contributed by atoms with Crippen LogP contribution < -0.4 is 10.6 Å². The van der Waals surface area contributed by atoms with Crippen LogP contribution in [-0.2, 0) is 16.1 Å². The van der Waals surface area contributed by atoms with Crippen LogP contribution in [0.5, 0.6) is 0 Å². The molecule has 1 amide bonds. The zero-order valence-corrected chi connectivity index (χ0v) is 12.5. The Bertz CT molecular complexity index is 435. The second-order valence-electron chi connectivity index (χ2n) is 4.74. The lowest BCUT2D eigenvalue weighted by Gasteiger charge is -2.11. The molecule has 0 atom stereocenters. The minimum atomic E-state index is 0.0188. The van der Waals surface area contributed by atoms with E-state index in [-0.39, 0.29) is 5.91 Å². The van der Waals surface area contributed by atoms with Crippen molar-refractivity contribution in [3.8, 4) is 0 Å². The zero-order chi connectivity index (χ0) is 14.8. The van der Waals surface area contributed by atoms with Crippen LogP contribution in [0.3, 0.4) is 0 Å². The Kier molecular flexibility index (Phi) is 7.43. The van der Waals surface area contributed by atoms with Crippen molar-refractivity contribution in [1.29, 1.82) is 0 Å². The van der Waals surface area contributed by atoms with Gasteiger partial charge in [0.05, 0.1) is 6.54 Å². The second kappa shape index (κ2) is 9.15. The second-order valence-corrected chi connectivity index (χ2v) is 4.74. The number of carbonyl (C=O) groups excluding carboxylic acids is 1. The number of carbonyl (C=O) groups is 1. The Morgan fingerprint density at radius 1 is 1.15 bits per heavy atom. The van der Waals surface area contributed by atoms with E-state index in [1.807, 2.05) is 18.2 Å². The van der Waals surface area contributed by atoms with Crippen molar-refractivity contribution in [3.05, 3.63) is 47.2 Å². The van der Waals surface area contributed by atoms with Gasteiger partial charge in [0.1, 0.15) is 0 Å². The molecule has 1 aromatic rings. The third-order valence-corrected chi connectivity index (χ3v) is 2.79. The molecule has 0 bridgehead atoms. The predicted molar refractivity (Wildman–Crippen MR) is 81.2 cm³/mol. The van der Waals surface area contributed by atoms with Crippen LogP contribution in [0.25, 0.3) is 0 Å². The third-order valence-electron chi connectivity index (χ3n) is 2.79. The topological polar surface area (TPSA) is 50.4 Å². The molecule has 1 saturated carbocycles. The summed E-state index contributed by atoms with van der Waals surface area (Å²) < 4.78 is 4.25. The highest BCUT2D eigenvalue weighted by Crippen LogP contribution is 2.30. The molecule has 1 aliphatic carbocycles. The molecule has 0 spiro atoms. The third kappa shape index (κ3) is 6.95. The van der Waals surface area contributed by atoms with Gasteiger partial charge in [-0.25, -0.2) is 0 Å². The van der Waals surface area contributed by atoms with Gasteiger partial charge in [-0.3, -0.25) is 4.79 Å². The molecule has 4 nitrogen and oxygen atoms in total. The minimum absolute atomic E-state index is 0.0188. The molecule has 0 unspecified atom stereocenters. The van der Waals surface area contributed by atoms with Crippen LogP contribution >= 0.6 is 0 Å². The lowest BCUT2D eigenvalue weighted by atomic mass is 10.2. The summed E-state index contributed by atoms with van der Waals surface area (Å²) >= 11 is 0. The highest BCUT2D eigenvalue weighted by atomic mass is 16.4. The summed E-state index contributed by atoms with van der Waals surface area (Å²) in [7, 11) is 3.25. The summed E-state index contributed by atoms with van der Waals surface area (Å²) in [4.78, 5) is 10.9. The summed E-state index contributed by atoms with van der Waals surface area (Å²) in [5.74, 6) is 0.0188. The normalized spacial score (nSPS) is 12.1. The van der Waals surface area contributed by atoms with Crippen LogP contribution in [0.15, 0.2) is 41.6 Å². The number of nitrogens with one attached hydrogen (secondary N) is 2. The number of hydrogen-bond acceptors (Lipinski definition) is 3. The maximum atomic E-state index is 10.9. The standard InChI is InChI=1S/C14H18N2O.C2H6O/c1-11(17)15-10-14(13-7-8-13)16-9-12-5-3-2-4-6-12;1-3-2/h2-6,16H,7-10H2,1H3,(H,15,17);1-2H3.